The normalized spacial score (nSPS) is 15.1. The predicted molar refractivity (Wildman–Crippen MR) is 98.5 cm³/mol. The van der Waals surface area contributed by atoms with Crippen molar-refractivity contribution in [2.24, 2.45) is 0 Å². The van der Waals surface area contributed by atoms with Gasteiger partial charge in [-0.2, -0.15) is 22.0 Å². The standard InChI is InChI=1S/C17H14ClF5N4OS/c18-12-8-10(17(21,22)23)9-25-13(12)26-4-6-27(7-5-26)15(28)11-2-1-3-24-14(11)29-16(19)20/h1-3,8-9,16H,4-7H2. The van der Waals surface area contributed by atoms with E-state index in [4.69, 9.17) is 11.6 Å². The fourth-order valence-corrected chi connectivity index (χ4v) is 3.70. The van der Waals surface area contributed by atoms with Crippen LogP contribution in [0, 0.1) is 0 Å². The maximum atomic E-state index is 12.7. The van der Waals surface area contributed by atoms with Crippen LogP contribution in [0.4, 0.5) is 27.8 Å². The first-order valence-electron chi connectivity index (χ1n) is 8.33. The number of nitrogens with zero attached hydrogens (tertiary/aromatic N) is 4. The van der Waals surface area contributed by atoms with E-state index in [1.807, 2.05) is 0 Å². The SMILES string of the molecule is O=C(c1cccnc1SC(F)F)N1CCN(c2ncc(C(F)(F)F)cc2Cl)CC1. The van der Waals surface area contributed by atoms with Crippen molar-refractivity contribution >= 4 is 35.1 Å². The topological polar surface area (TPSA) is 49.3 Å². The Kier molecular flexibility index (Phi) is 6.47. The number of anilines is 1. The summed E-state index contributed by atoms with van der Waals surface area (Å²) in [5.41, 5.74) is -0.863. The smallest absolute Gasteiger partial charge is 0.352 e. The van der Waals surface area contributed by atoms with Gasteiger partial charge in [0, 0.05) is 38.6 Å². The van der Waals surface area contributed by atoms with E-state index < -0.39 is 23.4 Å². The van der Waals surface area contributed by atoms with Crippen LogP contribution in [-0.4, -0.2) is 52.7 Å². The van der Waals surface area contributed by atoms with Crippen LogP contribution in [-0.2, 0) is 6.18 Å². The first kappa shape index (κ1) is 21.6. The molecule has 0 bridgehead atoms. The van der Waals surface area contributed by atoms with Crippen LogP contribution in [0.5, 0.6) is 0 Å². The molecule has 0 N–H and O–H groups in total. The summed E-state index contributed by atoms with van der Waals surface area (Å²) in [5, 5.41) is -0.190. The van der Waals surface area contributed by atoms with Crippen LogP contribution in [0.15, 0.2) is 35.6 Å². The number of halogens is 6. The van der Waals surface area contributed by atoms with Gasteiger partial charge in [-0.15, -0.1) is 0 Å². The van der Waals surface area contributed by atoms with E-state index in [2.05, 4.69) is 9.97 Å². The van der Waals surface area contributed by atoms with Gasteiger partial charge in [0.2, 0.25) is 0 Å². The zero-order chi connectivity index (χ0) is 21.2. The number of rotatable bonds is 4. The molecule has 1 aliphatic heterocycles. The highest BCUT2D eigenvalue weighted by Gasteiger charge is 2.33. The molecule has 1 fully saturated rings. The lowest BCUT2D eigenvalue weighted by Gasteiger charge is -2.36. The molecule has 0 aromatic carbocycles. The zero-order valence-electron chi connectivity index (χ0n) is 14.7. The van der Waals surface area contributed by atoms with Gasteiger partial charge >= 0.3 is 6.18 Å². The number of piperazine rings is 1. The van der Waals surface area contributed by atoms with Gasteiger partial charge in [0.1, 0.15) is 10.8 Å². The van der Waals surface area contributed by atoms with Crippen molar-refractivity contribution in [3.63, 3.8) is 0 Å². The molecule has 5 nitrogen and oxygen atoms in total. The number of aromatic nitrogens is 2. The Morgan fingerprint density at radius 3 is 2.45 bits per heavy atom. The van der Waals surface area contributed by atoms with Crippen LogP contribution >= 0.6 is 23.4 Å². The molecule has 1 amide bonds. The van der Waals surface area contributed by atoms with Crippen molar-refractivity contribution in [1.29, 1.82) is 0 Å². The van der Waals surface area contributed by atoms with Gasteiger partial charge in [0.05, 0.1) is 16.1 Å². The van der Waals surface area contributed by atoms with Gasteiger partial charge in [-0.1, -0.05) is 11.6 Å². The minimum Gasteiger partial charge on any atom is -0.352 e. The lowest BCUT2D eigenvalue weighted by molar-refractivity contribution is -0.137. The van der Waals surface area contributed by atoms with Gasteiger partial charge in [-0.3, -0.25) is 4.79 Å². The number of amides is 1. The lowest BCUT2D eigenvalue weighted by Crippen LogP contribution is -2.49. The van der Waals surface area contributed by atoms with Gasteiger partial charge in [0.25, 0.3) is 11.7 Å². The molecule has 0 saturated carbocycles. The number of hydrogen-bond acceptors (Lipinski definition) is 5. The molecule has 3 rings (SSSR count). The molecule has 0 atom stereocenters. The fraction of sp³-hybridized carbons (Fsp3) is 0.353. The first-order valence-corrected chi connectivity index (χ1v) is 9.59. The molecule has 1 aliphatic rings. The second-order valence-electron chi connectivity index (χ2n) is 6.04. The number of thioether (sulfide) groups is 1. The Morgan fingerprint density at radius 1 is 1.17 bits per heavy atom. The minimum absolute atomic E-state index is 0.0534. The van der Waals surface area contributed by atoms with Crippen LogP contribution in [0.25, 0.3) is 0 Å². The van der Waals surface area contributed by atoms with E-state index >= 15 is 0 Å². The van der Waals surface area contributed by atoms with E-state index in [1.54, 1.807) is 4.90 Å². The van der Waals surface area contributed by atoms with E-state index in [0.717, 1.165) is 6.07 Å². The Morgan fingerprint density at radius 2 is 1.86 bits per heavy atom. The molecule has 0 aliphatic carbocycles. The molecule has 1 saturated heterocycles. The van der Waals surface area contributed by atoms with Crippen LogP contribution in [0.1, 0.15) is 15.9 Å². The Hall–Kier alpha value is -2.14. The van der Waals surface area contributed by atoms with Crippen molar-refractivity contribution in [3.8, 4) is 0 Å². The number of pyridine rings is 2. The van der Waals surface area contributed by atoms with Crippen molar-refractivity contribution in [1.82, 2.24) is 14.9 Å². The summed E-state index contributed by atoms with van der Waals surface area (Å²) in [4.78, 5) is 23.5. The number of carbonyl (C=O) groups excluding carboxylic acids is 1. The van der Waals surface area contributed by atoms with Crippen molar-refractivity contribution in [2.75, 3.05) is 31.1 Å². The molecule has 2 aromatic rings. The molecule has 156 valence electrons. The summed E-state index contributed by atoms with van der Waals surface area (Å²) in [6, 6.07) is 3.73. The summed E-state index contributed by atoms with van der Waals surface area (Å²) in [6.07, 6.45) is -2.50. The highest BCUT2D eigenvalue weighted by molar-refractivity contribution is 7.99. The lowest BCUT2D eigenvalue weighted by atomic mass is 10.2. The monoisotopic (exact) mass is 452 g/mol. The molecule has 12 heteroatoms. The summed E-state index contributed by atoms with van der Waals surface area (Å²) in [6.45, 7) is 1.01. The average molecular weight is 453 g/mol. The summed E-state index contributed by atoms with van der Waals surface area (Å²) in [5.74, 6) is -2.95. The number of alkyl halides is 5. The van der Waals surface area contributed by atoms with E-state index in [1.165, 1.54) is 23.2 Å². The van der Waals surface area contributed by atoms with E-state index in [-0.39, 0.29) is 59.4 Å². The molecule has 0 unspecified atom stereocenters. The van der Waals surface area contributed by atoms with Gasteiger partial charge in [-0.05, 0) is 30.0 Å². The zero-order valence-corrected chi connectivity index (χ0v) is 16.2. The molecular formula is C17H14ClF5N4OS. The summed E-state index contributed by atoms with van der Waals surface area (Å²) < 4.78 is 63.6. The maximum Gasteiger partial charge on any atom is 0.417 e. The molecule has 3 heterocycles. The average Bonchev–Trinajstić information content (AvgIpc) is 2.67. The quantitative estimate of drug-likeness (QED) is 0.507. The van der Waals surface area contributed by atoms with Gasteiger partial charge in [-0.25, -0.2) is 9.97 Å². The van der Waals surface area contributed by atoms with Crippen molar-refractivity contribution < 1.29 is 26.7 Å². The first-order chi connectivity index (χ1) is 13.7. The Bertz CT molecular complexity index is 890. The van der Waals surface area contributed by atoms with Crippen molar-refractivity contribution in [2.45, 2.75) is 17.0 Å². The third-order valence-corrected chi connectivity index (χ3v) is 5.22. The minimum atomic E-state index is -4.54. The fourth-order valence-electron chi connectivity index (χ4n) is 2.84. The summed E-state index contributed by atoms with van der Waals surface area (Å²) in [7, 11) is 0. The Labute approximate surface area is 171 Å². The van der Waals surface area contributed by atoms with Gasteiger partial charge in [0.15, 0.2) is 0 Å². The second kappa shape index (κ2) is 8.70. The largest absolute Gasteiger partial charge is 0.417 e. The van der Waals surface area contributed by atoms with Crippen LogP contribution in [0.3, 0.4) is 0 Å². The third kappa shape index (κ3) is 5.08. The van der Waals surface area contributed by atoms with Gasteiger partial charge < -0.3 is 9.80 Å². The molecule has 2 aromatic heterocycles. The molecule has 0 spiro atoms. The highest BCUT2D eigenvalue weighted by Crippen LogP contribution is 2.34. The van der Waals surface area contributed by atoms with E-state index in [9.17, 15) is 26.7 Å². The molecule has 0 radical (unpaired) electrons. The molecular weight excluding hydrogens is 439 g/mol. The van der Waals surface area contributed by atoms with E-state index in [0.29, 0.717) is 6.20 Å². The molecule has 29 heavy (non-hydrogen) atoms. The highest BCUT2D eigenvalue weighted by atomic mass is 35.5. The number of carbonyl (C=O) groups is 1. The van der Waals surface area contributed by atoms with Crippen molar-refractivity contribution in [3.05, 3.63) is 46.7 Å². The second-order valence-corrected chi connectivity index (χ2v) is 7.43. The van der Waals surface area contributed by atoms with Crippen LogP contribution < -0.4 is 4.90 Å². The summed E-state index contributed by atoms with van der Waals surface area (Å²) >= 11 is 6.16. The van der Waals surface area contributed by atoms with Crippen LogP contribution in [0.2, 0.25) is 5.02 Å². The third-order valence-electron chi connectivity index (χ3n) is 4.22. The Balaban J connectivity index is 1.69. The maximum absolute atomic E-state index is 12.7. The predicted octanol–water partition coefficient (Wildman–Crippen LogP) is 4.43. The number of hydrogen-bond donors (Lipinski definition) is 0.